The van der Waals surface area contributed by atoms with Gasteiger partial charge in [0.05, 0.1) is 29.7 Å². The van der Waals surface area contributed by atoms with E-state index in [1.54, 1.807) is 6.20 Å². The highest BCUT2D eigenvalue weighted by atomic mass is 35.5. The SMILES string of the molecule is Nc1c(NCCOCCCCl)cnc2ccccc12. The Balaban J connectivity index is 1.92. The van der Waals surface area contributed by atoms with Crippen molar-refractivity contribution in [3.8, 4) is 0 Å². The summed E-state index contributed by atoms with van der Waals surface area (Å²) in [6, 6.07) is 7.83. The molecule has 1 aromatic heterocycles. The quantitative estimate of drug-likeness (QED) is 0.604. The molecule has 0 unspecified atom stereocenters. The van der Waals surface area contributed by atoms with Gasteiger partial charge in [0.15, 0.2) is 0 Å². The van der Waals surface area contributed by atoms with E-state index in [-0.39, 0.29) is 0 Å². The van der Waals surface area contributed by atoms with E-state index < -0.39 is 0 Å². The molecule has 0 fully saturated rings. The van der Waals surface area contributed by atoms with Crippen LogP contribution in [0.2, 0.25) is 0 Å². The summed E-state index contributed by atoms with van der Waals surface area (Å²) in [5.74, 6) is 0.634. The summed E-state index contributed by atoms with van der Waals surface area (Å²) in [5.41, 5.74) is 8.60. The predicted octanol–water partition coefficient (Wildman–Crippen LogP) is 2.87. The number of nitrogens with two attached hydrogens (primary N) is 1. The first-order chi connectivity index (χ1) is 9.33. The van der Waals surface area contributed by atoms with Crippen molar-refractivity contribution in [2.75, 3.05) is 36.7 Å². The first-order valence-electron chi connectivity index (χ1n) is 6.33. The molecular formula is C14H18ClN3O. The fourth-order valence-electron chi connectivity index (χ4n) is 1.82. The van der Waals surface area contributed by atoms with E-state index in [1.807, 2.05) is 24.3 Å². The maximum absolute atomic E-state index is 6.12. The molecule has 0 spiro atoms. The van der Waals surface area contributed by atoms with Crippen LogP contribution in [0.4, 0.5) is 11.4 Å². The number of hydrogen-bond donors (Lipinski definition) is 2. The number of alkyl halides is 1. The number of pyridine rings is 1. The number of benzene rings is 1. The molecule has 0 bridgehead atoms. The molecule has 0 saturated heterocycles. The third-order valence-corrected chi connectivity index (χ3v) is 3.07. The van der Waals surface area contributed by atoms with Crippen molar-refractivity contribution in [2.45, 2.75) is 6.42 Å². The van der Waals surface area contributed by atoms with Crippen LogP contribution in [-0.2, 0) is 4.74 Å². The number of para-hydroxylation sites is 1. The number of nitrogen functional groups attached to an aromatic ring is 1. The molecule has 0 saturated carbocycles. The standard InChI is InChI=1S/C14H18ClN3O/c15-6-3-8-19-9-7-17-13-10-18-12-5-2-1-4-11(12)14(13)16/h1-2,4-5,10,17H,3,6-9H2,(H2,16,18). The number of nitrogens with zero attached hydrogens (tertiary/aromatic N) is 1. The second-order valence-electron chi connectivity index (χ2n) is 4.18. The maximum atomic E-state index is 6.12. The van der Waals surface area contributed by atoms with E-state index in [0.29, 0.717) is 25.6 Å². The summed E-state index contributed by atoms with van der Waals surface area (Å²) < 4.78 is 5.41. The summed E-state index contributed by atoms with van der Waals surface area (Å²) in [6.45, 7) is 2.02. The van der Waals surface area contributed by atoms with Gasteiger partial charge in [-0.2, -0.15) is 0 Å². The van der Waals surface area contributed by atoms with Gasteiger partial charge < -0.3 is 15.8 Å². The lowest BCUT2D eigenvalue weighted by atomic mass is 10.1. The van der Waals surface area contributed by atoms with Crippen LogP contribution in [0, 0.1) is 0 Å². The zero-order chi connectivity index (χ0) is 13.5. The second-order valence-corrected chi connectivity index (χ2v) is 4.56. The lowest BCUT2D eigenvalue weighted by Crippen LogP contribution is -2.11. The zero-order valence-corrected chi connectivity index (χ0v) is 11.5. The van der Waals surface area contributed by atoms with Crippen molar-refractivity contribution in [3.05, 3.63) is 30.5 Å². The first-order valence-corrected chi connectivity index (χ1v) is 6.87. The van der Waals surface area contributed by atoms with Crippen LogP contribution >= 0.6 is 11.6 Å². The Hall–Kier alpha value is -1.52. The third-order valence-electron chi connectivity index (χ3n) is 2.80. The van der Waals surface area contributed by atoms with Crippen molar-refractivity contribution in [3.63, 3.8) is 0 Å². The summed E-state index contributed by atoms with van der Waals surface area (Å²) in [6.07, 6.45) is 2.64. The molecular weight excluding hydrogens is 262 g/mol. The summed E-state index contributed by atoms with van der Waals surface area (Å²) in [4.78, 5) is 4.37. The van der Waals surface area contributed by atoms with Crippen LogP contribution in [0.5, 0.6) is 0 Å². The van der Waals surface area contributed by atoms with Gasteiger partial charge in [0.2, 0.25) is 0 Å². The molecule has 0 atom stereocenters. The van der Waals surface area contributed by atoms with Gasteiger partial charge in [-0.3, -0.25) is 4.98 Å². The Morgan fingerprint density at radius 3 is 2.95 bits per heavy atom. The van der Waals surface area contributed by atoms with Crippen LogP contribution in [0.25, 0.3) is 10.9 Å². The highest BCUT2D eigenvalue weighted by Gasteiger charge is 2.04. The maximum Gasteiger partial charge on any atom is 0.0767 e. The van der Waals surface area contributed by atoms with E-state index >= 15 is 0 Å². The largest absolute Gasteiger partial charge is 0.396 e. The average Bonchev–Trinajstić information content (AvgIpc) is 2.45. The average molecular weight is 280 g/mol. The summed E-state index contributed by atoms with van der Waals surface area (Å²) in [7, 11) is 0. The van der Waals surface area contributed by atoms with Gasteiger partial charge in [-0.15, -0.1) is 11.6 Å². The van der Waals surface area contributed by atoms with Crippen molar-refractivity contribution in [2.24, 2.45) is 0 Å². The van der Waals surface area contributed by atoms with Gasteiger partial charge in [0.1, 0.15) is 0 Å². The molecule has 4 nitrogen and oxygen atoms in total. The molecule has 0 aliphatic carbocycles. The molecule has 19 heavy (non-hydrogen) atoms. The van der Waals surface area contributed by atoms with Crippen LogP contribution < -0.4 is 11.1 Å². The number of aromatic nitrogens is 1. The monoisotopic (exact) mass is 279 g/mol. The predicted molar refractivity (Wildman–Crippen MR) is 80.8 cm³/mol. The van der Waals surface area contributed by atoms with Gasteiger partial charge in [0.25, 0.3) is 0 Å². The van der Waals surface area contributed by atoms with Crippen LogP contribution in [-0.4, -0.2) is 30.6 Å². The Kier molecular flexibility index (Phi) is 5.24. The molecule has 0 radical (unpaired) electrons. The molecule has 0 amide bonds. The van der Waals surface area contributed by atoms with Gasteiger partial charge in [0, 0.05) is 24.4 Å². The third kappa shape index (κ3) is 3.72. The van der Waals surface area contributed by atoms with E-state index in [1.165, 1.54) is 0 Å². The van der Waals surface area contributed by atoms with Crippen LogP contribution in [0.15, 0.2) is 30.5 Å². The van der Waals surface area contributed by atoms with Crippen LogP contribution in [0.3, 0.4) is 0 Å². The van der Waals surface area contributed by atoms with Crippen molar-refractivity contribution >= 4 is 33.9 Å². The number of anilines is 2. The highest BCUT2D eigenvalue weighted by Crippen LogP contribution is 2.26. The Morgan fingerprint density at radius 2 is 2.11 bits per heavy atom. The smallest absolute Gasteiger partial charge is 0.0767 e. The fraction of sp³-hybridized carbons (Fsp3) is 0.357. The molecule has 3 N–H and O–H groups in total. The van der Waals surface area contributed by atoms with Crippen molar-refractivity contribution in [1.82, 2.24) is 4.98 Å². The normalized spacial score (nSPS) is 10.8. The van der Waals surface area contributed by atoms with E-state index in [0.717, 1.165) is 28.7 Å². The molecule has 102 valence electrons. The Bertz CT molecular complexity index is 533. The van der Waals surface area contributed by atoms with Gasteiger partial charge in [-0.05, 0) is 12.5 Å². The topological polar surface area (TPSA) is 60.2 Å². The first kappa shape index (κ1) is 13.9. The van der Waals surface area contributed by atoms with E-state index in [2.05, 4.69) is 10.3 Å². The molecule has 2 aromatic rings. The minimum Gasteiger partial charge on any atom is -0.396 e. The number of ether oxygens (including phenoxy) is 1. The molecule has 5 heteroatoms. The molecule has 1 heterocycles. The Labute approximate surface area is 117 Å². The van der Waals surface area contributed by atoms with E-state index in [4.69, 9.17) is 22.1 Å². The summed E-state index contributed by atoms with van der Waals surface area (Å²) >= 11 is 5.57. The number of nitrogens with one attached hydrogen (secondary N) is 1. The summed E-state index contributed by atoms with van der Waals surface area (Å²) in [5, 5.41) is 4.20. The highest BCUT2D eigenvalue weighted by molar-refractivity contribution is 6.17. The lowest BCUT2D eigenvalue weighted by molar-refractivity contribution is 0.145. The van der Waals surface area contributed by atoms with Crippen LogP contribution in [0.1, 0.15) is 6.42 Å². The number of halogens is 1. The van der Waals surface area contributed by atoms with Gasteiger partial charge in [-0.25, -0.2) is 0 Å². The van der Waals surface area contributed by atoms with E-state index in [9.17, 15) is 0 Å². The molecule has 0 aliphatic rings. The Morgan fingerprint density at radius 1 is 1.26 bits per heavy atom. The fourth-order valence-corrected chi connectivity index (χ4v) is 1.93. The number of rotatable bonds is 7. The van der Waals surface area contributed by atoms with Crippen molar-refractivity contribution < 1.29 is 4.74 Å². The van der Waals surface area contributed by atoms with Crippen molar-refractivity contribution in [1.29, 1.82) is 0 Å². The molecule has 0 aliphatic heterocycles. The zero-order valence-electron chi connectivity index (χ0n) is 10.7. The second kappa shape index (κ2) is 7.16. The van der Waals surface area contributed by atoms with Gasteiger partial charge >= 0.3 is 0 Å². The minimum atomic E-state index is 0.628. The molecule has 2 rings (SSSR count). The minimum absolute atomic E-state index is 0.628. The molecule has 1 aromatic carbocycles. The lowest BCUT2D eigenvalue weighted by Gasteiger charge is -2.11. The number of hydrogen-bond acceptors (Lipinski definition) is 4. The number of fused-ring (bicyclic) bond motifs is 1. The van der Waals surface area contributed by atoms with Gasteiger partial charge in [-0.1, -0.05) is 18.2 Å².